The molecular formula is C16H24N4O2. The van der Waals surface area contributed by atoms with Gasteiger partial charge in [0.15, 0.2) is 5.82 Å². The zero-order valence-corrected chi connectivity index (χ0v) is 13.4. The minimum absolute atomic E-state index is 0.159. The van der Waals surface area contributed by atoms with Crippen LogP contribution in [0.25, 0.3) is 5.82 Å². The van der Waals surface area contributed by atoms with Gasteiger partial charge in [0, 0.05) is 30.6 Å². The first-order valence-corrected chi connectivity index (χ1v) is 7.49. The van der Waals surface area contributed by atoms with E-state index in [1.54, 1.807) is 13.3 Å². The van der Waals surface area contributed by atoms with Crippen molar-refractivity contribution in [2.24, 2.45) is 0 Å². The molecule has 0 aliphatic carbocycles. The standard InChI is InChI=1S/C16H24N4O2/c1-12(17-9-7-14(21)11-22-3)15-10-19-20(13(15)2)16-6-4-5-8-18-16/h4-6,8,10,12,14,17,21H,7,9,11H2,1-3H3. The highest BCUT2D eigenvalue weighted by Gasteiger charge is 2.14. The average Bonchev–Trinajstić information content (AvgIpc) is 2.90. The van der Waals surface area contributed by atoms with E-state index in [2.05, 4.69) is 22.3 Å². The number of aromatic nitrogens is 3. The van der Waals surface area contributed by atoms with Gasteiger partial charge in [-0.3, -0.25) is 0 Å². The predicted molar refractivity (Wildman–Crippen MR) is 85.0 cm³/mol. The van der Waals surface area contributed by atoms with Gasteiger partial charge in [-0.25, -0.2) is 9.67 Å². The van der Waals surface area contributed by atoms with Crippen molar-refractivity contribution in [3.05, 3.63) is 41.9 Å². The normalized spacial score (nSPS) is 14.0. The summed E-state index contributed by atoms with van der Waals surface area (Å²) in [6, 6.07) is 5.93. The van der Waals surface area contributed by atoms with Crippen molar-refractivity contribution < 1.29 is 9.84 Å². The molecule has 0 amide bonds. The first-order chi connectivity index (χ1) is 10.6. The minimum atomic E-state index is -0.429. The van der Waals surface area contributed by atoms with E-state index in [1.807, 2.05) is 36.0 Å². The Bertz CT molecular complexity index is 571. The van der Waals surface area contributed by atoms with Crippen molar-refractivity contribution in [1.82, 2.24) is 20.1 Å². The fourth-order valence-corrected chi connectivity index (χ4v) is 2.41. The summed E-state index contributed by atoms with van der Waals surface area (Å²) >= 11 is 0. The second kappa shape index (κ2) is 8.03. The number of hydrogen-bond acceptors (Lipinski definition) is 5. The van der Waals surface area contributed by atoms with Gasteiger partial charge in [-0.05, 0) is 38.9 Å². The van der Waals surface area contributed by atoms with Crippen LogP contribution in [0.15, 0.2) is 30.6 Å². The molecule has 120 valence electrons. The largest absolute Gasteiger partial charge is 0.391 e. The molecular weight excluding hydrogens is 280 g/mol. The Labute approximate surface area is 131 Å². The molecule has 0 saturated carbocycles. The van der Waals surface area contributed by atoms with Crippen molar-refractivity contribution >= 4 is 0 Å². The lowest BCUT2D eigenvalue weighted by atomic mass is 10.1. The van der Waals surface area contributed by atoms with Gasteiger partial charge >= 0.3 is 0 Å². The van der Waals surface area contributed by atoms with Crippen LogP contribution in [-0.4, -0.2) is 46.2 Å². The van der Waals surface area contributed by atoms with E-state index in [1.165, 1.54) is 0 Å². The van der Waals surface area contributed by atoms with E-state index in [0.29, 0.717) is 13.0 Å². The predicted octanol–water partition coefficient (Wildman–Crippen LogP) is 1.62. The fourth-order valence-electron chi connectivity index (χ4n) is 2.41. The summed E-state index contributed by atoms with van der Waals surface area (Å²) in [6.07, 6.45) is 3.86. The maximum atomic E-state index is 9.65. The third-order valence-corrected chi connectivity index (χ3v) is 3.67. The lowest BCUT2D eigenvalue weighted by Crippen LogP contribution is -2.25. The third kappa shape index (κ3) is 4.13. The monoisotopic (exact) mass is 304 g/mol. The first kappa shape index (κ1) is 16.6. The lowest BCUT2D eigenvalue weighted by Gasteiger charge is -2.15. The highest BCUT2D eigenvalue weighted by Crippen LogP contribution is 2.19. The number of aliphatic hydroxyl groups excluding tert-OH is 1. The number of rotatable bonds is 8. The van der Waals surface area contributed by atoms with Gasteiger partial charge in [-0.2, -0.15) is 5.10 Å². The molecule has 0 spiro atoms. The molecule has 0 aromatic carbocycles. The smallest absolute Gasteiger partial charge is 0.153 e. The van der Waals surface area contributed by atoms with E-state index in [4.69, 9.17) is 4.74 Å². The van der Waals surface area contributed by atoms with Crippen molar-refractivity contribution in [2.45, 2.75) is 32.4 Å². The van der Waals surface area contributed by atoms with Gasteiger partial charge in [-0.15, -0.1) is 0 Å². The summed E-state index contributed by atoms with van der Waals surface area (Å²) in [4.78, 5) is 4.32. The Morgan fingerprint density at radius 3 is 2.91 bits per heavy atom. The molecule has 2 aromatic heterocycles. The minimum Gasteiger partial charge on any atom is -0.391 e. The van der Waals surface area contributed by atoms with Crippen LogP contribution in [0.1, 0.15) is 30.6 Å². The second-order valence-corrected chi connectivity index (χ2v) is 5.36. The molecule has 2 N–H and O–H groups in total. The Kier molecular flexibility index (Phi) is 6.06. The quantitative estimate of drug-likeness (QED) is 0.775. The molecule has 22 heavy (non-hydrogen) atoms. The number of pyridine rings is 1. The van der Waals surface area contributed by atoms with E-state index >= 15 is 0 Å². The Morgan fingerprint density at radius 1 is 1.41 bits per heavy atom. The van der Waals surface area contributed by atoms with E-state index in [0.717, 1.165) is 23.6 Å². The van der Waals surface area contributed by atoms with Crippen LogP contribution in [0.5, 0.6) is 0 Å². The number of hydrogen-bond donors (Lipinski definition) is 2. The van der Waals surface area contributed by atoms with Gasteiger partial charge in [0.05, 0.1) is 18.9 Å². The molecule has 6 nitrogen and oxygen atoms in total. The van der Waals surface area contributed by atoms with Crippen LogP contribution in [0.4, 0.5) is 0 Å². The number of nitrogens with one attached hydrogen (secondary N) is 1. The van der Waals surface area contributed by atoms with E-state index in [-0.39, 0.29) is 6.04 Å². The van der Waals surface area contributed by atoms with Gasteiger partial charge in [-0.1, -0.05) is 6.07 Å². The Hall–Kier alpha value is -1.76. The molecule has 2 heterocycles. The summed E-state index contributed by atoms with van der Waals surface area (Å²) in [7, 11) is 1.59. The fraction of sp³-hybridized carbons (Fsp3) is 0.500. The molecule has 2 unspecified atom stereocenters. The molecule has 0 fully saturated rings. The maximum Gasteiger partial charge on any atom is 0.153 e. The van der Waals surface area contributed by atoms with Gasteiger partial charge in [0.25, 0.3) is 0 Å². The first-order valence-electron chi connectivity index (χ1n) is 7.49. The molecule has 0 aliphatic rings. The zero-order valence-electron chi connectivity index (χ0n) is 13.4. The van der Waals surface area contributed by atoms with Crippen LogP contribution in [0, 0.1) is 6.92 Å². The molecule has 2 atom stereocenters. The van der Waals surface area contributed by atoms with Crippen LogP contribution < -0.4 is 5.32 Å². The van der Waals surface area contributed by atoms with Crippen LogP contribution >= 0.6 is 0 Å². The van der Waals surface area contributed by atoms with E-state index in [9.17, 15) is 5.11 Å². The highest BCUT2D eigenvalue weighted by molar-refractivity contribution is 5.29. The number of methoxy groups -OCH3 is 1. The van der Waals surface area contributed by atoms with Gasteiger partial charge < -0.3 is 15.2 Å². The Morgan fingerprint density at radius 2 is 2.23 bits per heavy atom. The summed E-state index contributed by atoms with van der Waals surface area (Å²) in [6.45, 7) is 5.22. The lowest BCUT2D eigenvalue weighted by molar-refractivity contribution is 0.0590. The molecule has 2 rings (SSSR count). The van der Waals surface area contributed by atoms with Crippen LogP contribution in [0.2, 0.25) is 0 Å². The maximum absolute atomic E-state index is 9.65. The summed E-state index contributed by atoms with van der Waals surface area (Å²) in [5.74, 6) is 0.814. The molecule has 0 bridgehead atoms. The number of aliphatic hydroxyl groups is 1. The molecule has 0 radical (unpaired) electrons. The second-order valence-electron chi connectivity index (χ2n) is 5.36. The zero-order chi connectivity index (χ0) is 15.9. The van der Waals surface area contributed by atoms with Crippen molar-refractivity contribution in [2.75, 3.05) is 20.3 Å². The summed E-state index contributed by atoms with van der Waals surface area (Å²) < 4.78 is 6.76. The van der Waals surface area contributed by atoms with Gasteiger partial charge in [0.1, 0.15) is 0 Å². The van der Waals surface area contributed by atoms with E-state index < -0.39 is 6.10 Å². The van der Waals surface area contributed by atoms with Crippen LogP contribution in [-0.2, 0) is 4.74 Å². The molecule has 0 saturated heterocycles. The SMILES string of the molecule is COCC(O)CCNC(C)c1cnn(-c2ccccn2)c1C. The summed E-state index contributed by atoms with van der Waals surface area (Å²) in [5.41, 5.74) is 2.20. The number of ether oxygens (including phenoxy) is 1. The number of nitrogens with zero attached hydrogens (tertiary/aromatic N) is 3. The van der Waals surface area contributed by atoms with Crippen LogP contribution in [0.3, 0.4) is 0 Å². The average molecular weight is 304 g/mol. The third-order valence-electron chi connectivity index (χ3n) is 3.67. The van der Waals surface area contributed by atoms with Gasteiger partial charge in [0.2, 0.25) is 0 Å². The Balaban J connectivity index is 1.97. The molecule has 6 heteroatoms. The molecule has 0 aliphatic heterocycles. The van der Waals surface area contributed by atoms with Crippen molar-refractivity contribution in [3.63, 3.8) is 0 Å². The summed E-state index contributed by atoms with van der Waals surface area (Å²) in [5, 5.41) is 17.5. The topological polar surface area (TPSA) is 72.2 Å². The highest BCUT2D eigenvalue weighted by atomic mass is 16.5. The van der Waals surface area contributed by atoms with Crippen molar-refractivity contribution in [1.29, 1.82) is 0 Å². The molecule has 2 aromatic rings. The van der Waals surface area contributed by atoms with Crippen molar-refractivity contribution in [3.8, 4) is 5.82 Å².